The lowest BCUT2D eigenvalue weighted by molar-refractivity contribution is 0.333. The molecule has 0 amide bonds. The maximum atomic E-state index is 5.26. The first-order valence-electron chi connectivity index (χ1n) is 10.6. The van der Waals surface area contributed by atoms with E-state index in [0.29, 0.717) is 0 Å². The molecule has 0 radical (unpaired) electrons. The van der Waals surface area contributed by atoms with Crippen LogP contribution in [-0.4, -0.2) is 30.2 Å². The van der Waals surface area contributed by atoms with Crippen molar-refractivity contribution in [1.29, 1.82) is 0 Å². The molecule has 2 aromatic carbocycles. The van der Waals surface area contributed by atoms with Gasteiger partial charge in [-0.3, -0.25) is 0 Å². The highest BCUT2D eigenvalue weighted by Crippen LogP contribution is 2.31. The van der Waals surface area contributed by atoms with Gasteiger partial charge in [-0.1, -0.05) is 23.8 Å². The van der Waals surface area contributed by atoms with Crippen LogP contribution < -0.4 is 4.74 Å². The summed E-state index contributed by atoms with van der Waals surface area (Å²) in [4.78, 5) is 2.47. The SMILES string of the molecule is COc1ccc(CCCCn2c3c(c4cc(C)ccc42)CN(C)CCC3)cc1. The Kier molecular flexibility index (Phi) is 5.72. The molecule has 3 heteroatoms. The lowest BCUT2D eigenvalue weighted by Crippen LogP contribution is -2.17. The van der Waals surface area contributed by atoms with Gasteiger partial charge in [0, 0.05) is 29.7 Å². The number of ether oxygens (including phenoxy) is 1. The molecule has 28 heavy (non-hydrogen) atoms. The molecule has 0 unspecified atom stereocenters. The third kappa shape index (κ3) is 3.95. The largest absolute Gasteiger partial charge is 0.497 e. The fraction of sp³-hybridized carbons (Fsp3) is 0.440. The molecule has 0 N–H and O–H groups in total. The van der Waals surface area contributed by atoms with Gasteiger partial charge < -0.3 is 14.2 Å². The highest BCUT2D eigenvalue weighted by molar-refractivity contribution is 5.86. The van der Waals surface area contributed by atoms with Crippen molar-refractivity contribution in [2.24, 2.45) is 0 Å². The molecule has 0 aliphatic carbocycles. The minimum Gasteiger partial charge on any atom is -0.497 e. The van der Waals surface area contributed by atoms with Crippen LogP contribution in [-0.2, 0) is 25.9 Å². The summed E-state index contributed by atoms with van der Waals surface area (Å²) in [6.07, 6.45) is 6.02. The van der Waals surface area contributed by atoms with E-state index in [9.17, 15) is 0 Å². The highest BCUT2D eigenvalue weighted by Gasteiger charge is 2.20. The van der Waals surface area contributed by atoms with Crippen LogP contribution in [0.1, 0.15) is 41.6 Å². The standard InChI is InChI=1S/C25H32N2O/c1-19-9-14-25-22(17-19)23-18-26(2)15-6-8-24(23)27(25)16-5-4-7-20-10-12-21(28-3)13-11-20/h9-14,17H,4-8,15-16,18H2,1-3H3. The Labute approximate surface area is 168 Å². The summed E-state index contributed by atoms with van der Waals surface area (Å²) in [6, 6.07) is 15.5. The highest BCUT2D eigenvalue weighted by atomic mass is 16.5. The van der Waals surface area contributed by atoms with Gasteiger partial charge in [-0.25, -0.2) is 0 Å². The summed E-state index contributed by atoms with van der Waals surface area (Å²) in [5.41, 5.74) is 7.33. The quantitative estimate of drug-likeness (QED) is 0.539. The molecule has 0 spiro atoms. The van der Waals surface area contributed by atoms with E-state index in [1.54, 1.807) is 18.4 Å². The number of methoxy groups -OCH3 is 1. The maximum Gasteiger partial charge on any atom is 0.118 e. The molecule has 1 aliphatic rings. The van der Waals surface area contributed by atoms with Crippen molar-refractivity contribution in [3.63, 3.8) is 0 Å². The summed E-state index contributed by atoms with van der Waals surface area (Å²) >= 11 is 0. The minimum absolute atomic E-state index is 0.936. The van der Waals surface area contributed by atoms with E-state index in [0.717, 1.165) is 25.3 Å². The minimum atomic E-state index is 0.936. The summed E-state index contributed by atoms with van der Waals surface area (Å²) in [5, 5.41) is 1.47. The molecule has 0 saturated heterocycles. The number of rotatable bonds is 6. The lowest BCUT2D eigenvalue weighted by atomic mass is 10.1. The van der Waals surface area contributed by atoms with Crippen LogP contribution in [0.2, 0.25) is 0 Å². The molecule has 0 bridgehead atoms. The molecule has 3 nitrogen and oxygen atoms in total. The van der Waals surface area contributed by atoms with E-state index in [-0.39, 0.29) is 0 Å². The van der Waals surface area contributed by atoms with E-state index in [4.69, 9.17) is 4.74 Å². The second kappa shape index (κ2) is 8.40. The van der Waals surface area contributed by atoms with E-state index in [1.807, 2.05) is 0 Å². The molecule has 1 aliphatic heterocycles. The van der Waals surface area contributed by atoms with Gasteiger partial charge in [0.1, 0.15) is 5.75 Å². The fourth-order valence-corrected chi connectivity index (χ4v) is 4.57. The molecular weight excluding hydrogens is 344 g/mol. The van der Waals surface area contributed by atoms with Gasteiger partial charge in [0.2, 0.25) is 0 Å². The van der Waals surface area contributed by atoms with Gasteiger partial charge in [-0.15, -0.1) is 0 Å². The fourth-order valence-electron chi connectivity index (χ4n) is 4.57. The zero-order valence-corrected chi connectivity index (χ0v) is 17.5. The molecule has 4 rings (SSSR count). The number of unbranched alkanes of at least 4 members (excludes halogenated alkanes) is 1. The molecule has 2 heterocycles. The first-order valence-corrected chi connectivity index (χ1v) is 10.6. The average molecular weight is 377 g/mol. The van der Waals surface area contributed by atoms with Crippen LogP contribution in [0.4, 0.5) is 0 Å². The van der Waals surface area contributed by atoms with Crippen molar-refractivity contribution in [2.75, 3.05) is 20.7 Å². The first kappa shape index (κ1) is 19.1. The molecule has 0 atom stereocenters. The molecule has 1 aromatic heterocycles. The first-order chi connectivity index (χ1) is 13.7. The molecule has 3 aromatic rings. The number of aryl methyl sites for hydroxylation is 3. The van der Waals surface area contributed by atoms with E-state index in [1.165, 1.54) is 54.3 Å². The van der Waals surface area contributed by atoms with Gasteiger partial charge in [-0.2, -0.15) is 0 Å². The normalized spacial score (nSPS) is 14.8. The van der Waals surface area contributed by atoms with Crippen LogP contribution >= 0.6 is 0 Å². The Bertz CT molecular complexity index is 939. The average Bonchev–Trinajstić information content (AvgIpc) is 2.84. The zero-order valence-electron chi connectivity index (χ0n) is 17.5. The second-order valence-corrected chi connectivity index (χ2v) is 8.24. The Morgan fingerprint density at radius 3 is 2.64 bits per heavy atom. The molecular formula is C25H32N2O. The van der Waals surface area contributed by atoms with Crippen molar-refractivity contribution in [3.05, 3.63) is 64.8 Å². The Morgan fingerprint density at radius 1 is 1.04 bits per heavy atom. The monoisotopic (exact) mass is 376 g/mol. The van der Waals surface area contributed by atoms with Gasteiger partial charge in [-0.05, 0) is 88.0 Å². The second-order valence-electron chi connectivity index (χ2n) is 8.24. The Balaban J connectivity index is 1.50. The number of benzene rings is 2. The number of fused-ring (bicyclic) bond motifs is 3. The molecule has 0 saturated carbocycles. The predicted octanol–water partition coefficient (Wildman–Crippen LogP) is 5.36. The van der Waals surface area contributed by atoms with E-state index in [2.05, 4.69) is 65.9 Å². The number of hydrogen-bond donors (Lipinski definition) is 0. The predicted molar refractivity (Wildman–Crippen MR) is 117 cm³/mol. The van der Waals surface area contributed by atoms with Crippen molar-refractivity contribution >= 4 is 10.9 Å². The van der Waals surface area contributed by atoms with Crippen LogP contribution in [0.5, 0.6) is 5.75 Å². The van der Waals surface area contributed by atoms with Crippen molar-refractivity contribution in [3.8, 4) is 5.75 Å². The van der Waals surface area contributed by atoms with Gasteiger partial charge in [0.05, 0.1) is 7.11 Å². The molecule has 0 fully saturated rings. The number of hydrogen-bond acceptors (Lipinski definition) is 2. The van der Waals surface area contributed by atoms with E-state index < -0.39 is 0 Å². The lowest BCUT2D eigenvalue weighted by Gasteiger charge is -2.12. The van der Waals surface area contributed by atoms with Crippen LogP contribution in [0.15, 0.2) is 42.5 Å². The summed E-state index contributed by atoms with van der Waals surface area (Å²) in [5.74, 6) is 0.936. The van der Waals surface area contributed by atoms with Gasteiger partial charge >= 0.3 is 0 Å². The Morgan fingerprint density at radius 2 is 1.86 bits per heavy atom. The number of nitrogens with zero attached hydrogens (tertiary/aromatic N) is 2. The molecule has 148 valence electrons. The third-order valence-electron chi connectivity index (χ3n) is 6.08. The van der Waals surface area contributed by atoms with Gasteiger partial charge in [0.15, 0.2) is 0 Å². The van der Waals surface area contributed by atoms with Gasteiger partial charge in [0.25, 0.3) is 0 Å². The van der Waals surface area contributed by atoms with Crippen molar-refractivity contribution in [2.45, 2.75) is 52.1 Å². The van der Waals surface area contributed by atoms with Crippen molar-refractivity contribution in [1.82, 2.24) is 9.47 Å². The van der Waals surface area contributed by atoms with Crippen molar-refractivity contribution < 1.29 is 4.74 Å². The smallest absolute Gasteiger partial charge is 0.118 e. The third-order valence-corrected chi connectivity index (χ3v) is 6.08. The topological polar surface area (TPSA) is 17.4 Å². The summed E-state index contributed by atoms with van der Waals surface area (Å²) in [7, 11) is 3.97. The number of aromatic nitrogens is 1. The van der Waals surface area contributed by atoms with Crippen LogP contribution in [0.25, 0.3) is 10.9 Å². The Hall–Kier alpha value is -2.26. The zero-order chi connectivity index (χ0) is 19.5. The van der Waals surface area contributed by atoms with Crippen LogP contribution in [0, 0.1) is 6.92 Å². The maximum absolute atomic E-state index is 5.26. The van der Waals surface area contributed by atoms with Crippen LogP contribution in [0.3, 0.4) is 0 Å². The van der Waals surface area contributed by atoms with E-state index >= 15 is 0 Å². The summed E-state index contributed by atoms with van der Waals surface area (Å²) in [6.45, 7) is 5.60. The summed E-state index contributed by atoms with van der Waals surface area (Å²) < 4.78 is 7.88.